The summed E-state index contributed by atoms with van der Waals surface area (Å²) in [6, 6.07) is 15.5. The van der Waals surface area contributed by atoms with Crippen LogP contribution >= 0.6 is 0 Å². The van der Waals surface area contributed by atoms with Crippen LogP contribution in [0.1, 0.15) is 18.1 Å². The van der Waals surface area contributed by atoms with E-state index in [1.165, 1.54) is 0 Å². The molecule has 1 aliphatic rings. The van der Waals surface area contributed by atoms with Crippen LogP contribution in [0.15, 0.2) is 54.6 Å². The van der Waals surface area contributed by atoms with Crippen molar-refractivity contribution in [3.8, 4) is 5.75 Å². The Morgan fingerprint density at radius 3 is 2.46 bits per heavy atom. The number of hydrogen-bond donors (Lipinski definition) is 3. The van der Waals surface area contributed by atoms with Gasteiger partial charge >= 0.3 is 6.09 Å². The van der Waals surface area contributed by atoms with E-state index in [4.69, 9.17) is 9.47 Å². The quantitative estimate of drug-likeness (QED) is 0.662. The van der Waals surface area contributed by atoms with Gasteiger partial charge in [-0.05, 0) is 36.6 Å². The van der Waals surface area contributed by atoms with E-state index < -0.39 is 23.8 Å². The summed E-state index contributed by atoms with van der Waals surface area (Å²) in [4.78, 5) is 12.2. The summed E-state index contributed by atoms with van der Waals surface area (Å²) in [6.07, 6.45) is -1.08. The van der Waals surface area contributed by atoms with Crippen LogP contribution in [0, 0.1) is 0 Å². The number of aromatic hydroxyl groups is 1. The maximum atomic E-state index is 12.2. The SMILES string of the molecule is C[C@@]1([C@H](O)C(Cc2ccc(O)cc2)NC(=O)OCc2ccccc2)CO1. The highest BCUT2D eigenvalue weighted by Crippen LogP contribution is 2.32. The number of ether oxygens (including phenoxy) is 2. The van der Waals surface area contributed by atoms with Crippen LogP contribution in [0.2, 0.25) is 0 Å². The van der Waals surface area contributed by atoms with E-state index >= 15 is 0 Å². The molecule has 1 saturated heterocycles. The number of carbonyl (C=O) groups is 1. The van der Waals surface area contributed by atoms with E-state index in [9.17, 15) is 15.0 Å². The first kappa shape index (κ1) is 18.2. The van der Waals surface area contributed by atoms with Crippen LogP contribution in [-0.4, -0.2) is 40.7 Å². The molecule has 1 fully saturated rings. The summed E-state index contributed by atoms with van der Waals surface area (Å²) >= 11 is 0. The van der Waals surface area contributed by atoms with Gasteiger partial charge in [0.1, 0.15) is 24.1 Å². The first-order valence-electron chi connectivity index (χ1n) is 8.53. The van der Waals surface area contributed by atoms with E-state index in [0.29, 0.717) is 13.0 Å². The molecule has 1 unspecified atom stereocenters. The lowest BCUT2D eigenvalue weighted by Crippen LogP contribution is -2.50. The number of epoxide rings is 1. The Bertz CT molecular complexity index is 728. The predicted octanol–water partition coefficient (Wildman–Crippen LogP) is 2.38. The highest BCUT2D eigenvalue weighted by atomic mass is 16.6. The first-order chi connectivity index (χ1) is 12.5. The number of rotatable bonds is 7. The molecule has 3 rings (SSSR count). The lowest BCUT2D eigenvalue weighted by Gasteiger charge is -2.26. The summed E-state index contributed by atoms with van der Waals surface area (Å²) < 4.78 is 10.6. The molecule has 1 heterocycles. The average Bonchev–Trinajstić information content (AvgIpc) is 3.40. The van der Waals surface area contributed by atoms with Crippen LogP contribution in [-0.2, 0) is 22.5 Å². The van der Waals surface area contributed by atoms with Crippen molar-refractivity contribution in [1.82, 2.24) is 5.32 Å². The molecular weight excluding hydrogens is 334 g/mol. The van der Waals surface area contributed by atoms with Gasteiger partial charge in [-0.2, -0.15) is 0 Å². The van der Waals surface area contributed by atoms with Crippen LogP contribution in [0.3, 0.4) is 0 Å². The molecule has 0 bridgehead atoms. The van der Waals surface area contributed by atoms with Crippen molar-refractivity contribution in [3.63, 3.8) is 0 Å². The van der Waals surface area contributed by atoms with Gasteiger partial charge in [-0.1, -0.05) is 42.5 Å². The van der Waals surface area contributed by atoms with Gasteiger partial charge < -0.3 is 25.0 Å². The molecule has 6 nitrogen and oxygen atoms in total. The fraction of sp³-hybridized carbons (Fsp3) is 0.350. The number of amides is 1. The molecule has 0 radical (unpaired) electrons. The Morgan fingerprint density at radius 1 is 1.19 bits per heavy atom. The molecule has 3 atom stereocenters. The molecule has 26 heavy (non-hydrogen) atoms. The van der Waals surface area contributed by atoms with E-state index in [2.05, 4.69) is 5.32 Å². The monoisotopic (exact) mass is 357 g/mol. The average molecular weight is 357 g/mol. The van der Waals surface area contributed by atoms with Crippen molar-refractivity contribution in [1.29, 1.82) is 0 Å². The van der Waals surface area contributed by atoms with Crippen molar-refractivity contribution in [3.05, 3.63) is 65.7 Å². The molecule has 3 N–H and O–H groups in total. The largest absolute Gasteiger partial charge is 0.508 e. The maximum Gasteiger partial charge on any atom is 0.407 e. The van der Waals surface area contributed by atoms with E-state index in [1.807, 2.05) is 30.3 Å². The standard InChI is InChI=1S/C20H23NO5/c1-20(13-26-20)18(23)17(11-14-7-9-16(22)10-8-14)21-19(24)25-12-15-5-3-2-4-6-15/h2-10,17-18,22-23H,11-13H2,1H3,(H,21,24)/t17?,18-,20+/m1/s1. The van der Waals surface area contributed by atoms with Crippen molar-refractivity contribution < 1.29 is 24.5 Å². The fourth-order valence-electron chi connectivity index (χ4n) is 2.75. The Kier molecular flexibility index (Phi) is 5.44. The third-order valence-electron chi connectivity index (χ3n) is 4.51. The summed E-state index contributed by atoms with van der Waals surface area (Å²) in [6.45, 7) is 2.40. The lowest BCUT2D eigenvalue weighted by atomic mass is 9.93. The Morgan fingerprint density at radius 2 is 1.85 bits per heavy atom. The van der Waals surface area contributed by atoms with Gasteiger partial charge in [-0.3, -0.25) is 0 Å². The lowest BCUT2D eigenvalue weighted by molar-refractivity contribution is 0.0469. The minimum absolute atomic E-state index is 0.155. The fourth-order valence-corrected chi connectivity index (χ4v) is 2.75. The Labute approximate surface area is 152 Å². The molecule has 2 aromatic rings. The van der Waals surface area contributed by atoms with Gasteiger partial charge in [0.15, 0.2) is 0 Å². The van der Waals surface area contributed by atoms with Crippen molar-refractivity contribution in [2.45, 2.75) is 37.7 Å². The summed E-state index contributed by atoms with van der Waals surface area (Å²) in [5, 5.41) is 22.8. The van der Waals surface area contributed by atoms with Crippen LogP contribution in [0.4, 0.5) is 4.79 Å². The number of phenolic OH excluding ortho intramolecular Hbond substituents is 1. The Hall–Kier alpha value is -2.57. The van der Waals surface area contributed by atoms with Gasteiger partial charge in [-0.15, -0.1) is 0 Å². The minimum Gasteiger partial charge on any atom is -0.508 e. The van der Waals surface area contributed by atoms with Crippen LogP contribution in [0.5, 0.6) is 5.75 Å². The maximum absolute atomic E-state index is 12.2. The second-order valence-electron chi connectivity index (χ2n) is 6.73. The molecule has 2 aromatic carbocycles. The molecule has 0 aliphatic carbocycles. The first-order valence-corrected chi connectivity index (χ1v) is 8.53. The number of aliphatic hydroxyl groups excluding tert-OH is 1. The number of aliphatic hydroxyl groups is 1. The van der Waals surface area contributed by atoms with Crippen molar-refractivity contribution >= 4 is 6.09 Å². The zero-order chi connectivity index (χ0) is 18.6. The van der Waals surface area contributed by atoms with E-state index in [-0.39, 0.29) is 12.4 Å². The minimum atomic E-state index is -0.874. The number of phenols is 1. The van der Waals surface area contributed by atoms with Gasteiger partial charge in [-0.25, -0.2) is 4.79 Å². The van der Waals surface area contributed by atoms with Gasteiger partial charge in [0.2, 0.25) is 0 Å². The number of nitrogens with one attached hydrogen (secondary N) is 1. The highest BCUT2D eigenvalue weighted by Gasteiger charge is 2.50. The van der Waals surface area contributed by atoms with Gasteiger partial charge in [0.25, 0.3) is 0 Å². The van der Waals surface area contributed by atoms with Gasteiger partial charge in [0.05, 0.1) is 12.6 Å². The summed E-state index contributed by atoms with van der Waals surface area (Å²) in [7, 11) is 0. The number of hydrogen-bond acceptors (Lipinski definition) is 5. The normalized spacial score (nSPS) is 20.8. The molecule has 6 heteroatoms. The molecule has 1 aliphatic heterocycles. The molecule has 1 amide bonds. The predicted molar refractivity (Wildman–Crippen MR) is 95.7 cm³/mol. The topological polar surface area (TPSA) is 91.3 Å². The molecule has 0 spiro atoms. The Balaban J connectivity index is 1.62. The van der Waals surface area contributed by atoms with Crippen LogP contribution < -0.4 is 5.32 Å². The second kappa shape index (κ2) is 7.76. The second-order valence-corrected chi connectivity index (χ2v) is 6.73. The smallest absolute Gasteiger partial charge is 0.407 e. The number of benzene rings is 2. The van der Waals surface area contributed by atoms with E-state index in [0.717, 1.165) is 11.1 Å². The zero-order valence-corrected chi connectivity index (χ0v) is 14.6. The summed E-state index contributed by atoms with van der Waals surface area (Å²) in [5.74, 6) is 0.165. The van der Waals surface area contributed by atoms with E-state index in [1.54, 1.807) is 31.2 Å². The van der Waals surface area contributed by atoms with Gasteiger partial charge in [0, 0.05) is 0 Å². The van der Waals surface area contributed by atoms with Crippen LogP contribution in [0.25, 0.3) is 0 Å². The highest BCUT2D eigenvalue weighted by molar-refractivity contribution is 5.67. The van der Waals surface area contributed by atoms with Crippen molar-refractivity contribution in [2.24, 2.45) is 0 Å². The van der Waals surface area contributed by atoms with Crippen molar-refractivity contribution in [2.75, 3.05) is 6.61 Å². The summed E-state index contributed by atoms with van der Waals surface area (Å²) in [5.41, 5.74) is 1.10. The number of carbonyl (C=O) groups excluding carboxylic acids is 1. The zero-order valence-electron chi connectivity index (χ0n) is 14.6. The molecule has 138 valence electrons. The molecular formula is C20H23NO5. The molecule has 0 saturated carbocycles. The third kappa shape index (κ3) is 4.74. The third-order valence-corrected chi connectivity index (χ3v) is 4.51. The number of alkyl carbamates (subject to hydrolysis) is 1. The molecule has 0 aromatic heterocycles.